The minimum absolute atomic E-state index is 0.132. The van der Waals surface area contributed by atoms with Crippen LogP contribution in [0.1, 0.15) is 23.1 Å². The van der Waals surface area contributed by atoms with E-state index in [-0.39, 0.29) is 11.6 Å². The fourth-order valence-corrected chi connectivity index (χ4v) is 5.33. The van der Waals surface area contributed by atoms with Crippen molar-refractivity contribution in [1.82, 2.24) is 10.9 Å². The lowest BCUT2D eigenvalue weighted by Crippen LogP contribution is -2.26. The van der Waals surface area contributed by atoms with Gasteiger partial charge in [0.05, 0.1) is 12.5 Å². The Morgan fingerprint density at radius 3 is 1.76 bits per heavy atom. The molecule has 0 aliphatic carbocycles. The third kappa shape index (κ3) is 2.32. The van der Waals surface area contributed by atoms with Crippen molar-refractivity contribution >= 4 is 13.2 Å². The first-order valence-corrected chi connectivity index (χ1v) is 8.33. The lowest BCUT2D eigenvalue weighted by molar-refractivity contribution is 0.432. The van der Waals surface area contributed by atoms with Crippen LogP contribution in [0.5, 0.6) is 0 Å². The molecule has 0 saturated carbocycles. The van der Waals surface area contributed by atoms with E-state index in [4.69, 9.17) is 8.83 Å². The van der Waals surface area contributed by atoms with Crippen molar-refractivity contribution in [2.24, 2.45) is 0 Å². The van der Waals surface area contributed by atoms with Crippen molar-refractivity contribution in [3.05, 3.63) is 78.6 Å². The predicted molar refractivity (Wildman–Crippen MR) is 82.2 cm³/mol. The second-order valence-electron chi connectivity index (χ2n) is 4.87. The predicted octanol–water partition coefficient (Wildman–Crippen LogP) is 3.49. The van der Waals surface area contributed by atoms with E-state index in [1.54, 1.807) is 12.5 Å². The highest BCUT2D eigenvalue weighted by atomic mass is 31.1. The topological polar surface area (TPSA) is 50.3 Å². The van der Waals surface area contributed by atoms with Crippen LogP contribution >= 0.6 is 7.92 Å². The molecule has 4 rings (SSSR count). The lowest BCUT2D eigenvalue weighted by Gasteiger charge is -2.21. The fraction of sp³-hybridized carbons (Fsp3) is 0.125. The second kappa shape index (κ2) is 5.49. The van der Waals surface area contributed by atoms with E-state index in [1.807, 2.05) is 30.3 Å². The summed E-state index contributed by atoms with van der Waals surface area (Å²) in [5, 5.41) is 1.31. The minimum Gasteiger partial charge on any atom is -0.467 e. The number of hydrogen-bond acceptors (Lipinski definition) is 4. The Labute approximate surface area is 123 Å². The molecule has 1 aromatic carbocycles. The van der Waals surface area contributed by atoms with Gasteiger partial charge in [0, 0.05) is 0 Å². The summed E-state index contributed by atoms with van der Waals surface area (Å²) in [6, 6.07) is 18.4. The molecule has 1 aliphatic heterocycles. The van der Waals surface area contributed by atoms with Gasteiger partial charge in [0.15, 0.2) is 0 Å². The summed E-state index contributed by atoms with van der Waals surface area (Å²) < 4.78 is 11.2. The van der Waals surface area contributed by atoms with Crippen LogP contribution in [0.3, 0.4) is 0 Å². The van der Waals surface area contributed by atoms with Gasteiger partial charge in [-0.3, -0.25) is 0 Å². The van der Waals surface area contributed by atoms with Crippen molar-refractivity contribution < 1.29 is 8.83 Å². The Balaban J connectivity index is 1.76. The highest BCUT2D eigenvalue weighted by Gasteiger charge is 2.40. The summed E-state index contributed by atoms with van der Waals surface area (Å²) in [6.45, 7) is 0. The number of nitrogens with one attached hydrogen (secondary N) is 2. The summed E-state index contributed by atoms with van der Waals surface area (Å²) in [6.07, 6.45) is 3.44. The van der Waals surface area contributed by atoms with Gasteiger partial charge in [-0.25, -0.2) is 10.9 Å². The molecule has 1 saturated heterocycles. The molecule has 0 radical (unpaired) electrons. The van der Waals surface area contributed by atoms with Gasteiger partial charge in [0.1, 0.15) is 23.1 Å². The number of benzene rings is 1. The van der Waals surface area contributed by atoms with Gasteiger partial charge in [0.2, 0.25) is 0 Å². The molecular formula is C16H15N2O2P. The second-order valence-corrected chi connectivity index (χ2v) is 7.23. The van der Waals surface area contributed by atoms with E-state index < -0.39 is 7.92 Å². The van der Waals surface area contributed by atoms with Gasteiger partial charge < -0.3 is 8.83 Å². The molecule has 4 nitrogen and oxygen atoms in total. The van der Waals surface area contributed by atoms with E-state index >= 15 is 0 Å². The first-order valence-electron chi connectivity index (χ1n) is 6.85. The standard InChI is InChI=1S/C16H15N2O2P/c1-2-6-12(7-3-1)21-15(13-8-4-10-19-13)17-18-16(21)14-9-5-11-20-14/h1-11,15-18H/t15-,16?,21?/m0/s1. The van der Waals surface area contributed by atoms with Crippen molar-refractivity contribution in [3.8, 4) is 0 Å². The molecule has 3 aromatic rings. The quantitative estimate of drug-likeness (QED) is 0.727. The van der Waals surface area contributed by atoms with Crippen LogP contribution in [0.15, 0.2) is 76.0 Å². The van der Waals surface area contributed by atoms with E-state index in [0.29, 0.717) is 0 Å². The Hall–Kier alpha value is -1.87. The lowest BCUT2D eigenvalue weighted by atomic mass is 10.4. The van der Waals surface area contributed by atoms with Gasteiger partial charge in [0.25, 0.3) is 0 Å². The number of hydrazine groups is 1. The molecule has 106 valence electrons. The van der Waals surface area contributed by atoms with Gasteiger partial charge in [-0.2, -0.15) is 0 Å². The van der Waals surface area contributed by atoms with Crippen molar-refractivity contribution in [2.45, 2.75) is 11.6 Å². The largest absolute Gasteiger partial charge is 0.467 e. The monoisotopic (exact) mass is 298 g/mol. The van der Waals surface area contributed by atoms with Crippen LogP contribution in [0.2, 0.25) is 0 Å². The molecule has 5 heteroatoms. The fourth-order valence-electron chi connectivity index (χ4n) is 2.65. The molecule has 2 N–H and O–H groups in total. The van der Waals surface area contributed by atoms with Gasteiger partial charge in [-0.15, -0.1) is 0 Å². The molecule has 2 aromatic heterocycles. The Kier molecular flexibility index (Phi) is 3.36. The Bertz CT molecular complexity index is 640. The smallest absolute Gasteiger partial charge is 0.126 e. The summed E-state index contributed by atoms with van der Waals surface area (Å²) in [5.74, 6) is 2.16. The highest BCUT2D eigenvalue weighted by Crippen LogP contribution is 2.61. The summed E-state index contributed by atoms with van der Waals surface area (Å²) in [4.78, 5) is 0. The molecular weight excluding hydrogens is 283 g/mol. The van der Waals surface area contributed by atoms with Crippen molar-refractivity contribution in [3.63, 3.8) is 0 Å². The zero-order chi connectivity index (χ0) is 14.1. The molecule has 1 fully saturated rings. The summed E-state index contributed by atoms with van der Waals surface area (Å²) in [5.41, 5.74) is 6.74. The minimum atomic E-state index is -0.578. The molecule has 3 heterocycles. The molecule has 1 aliphatic rings. The van der Waals surface area contributed by atoms with Gasteiger partial charge in [-0.1, -0.05) is 30.3 Å². The third-order valence-electron chi connectivity index (χ3n) is 3.59. The Morgan fingerprint density at radius 2 is 1.29 bits per heavy atom. The van der Waals surface area contributed by atoms with Crippen LogP contribution in [-0.2, 0) is 0 Å². The maximum absolute atomic E-state index is 5.62. The van der Waals surface area contributed by atoms with Gasteiger partial charge >= 0.3 is 0 Å². The van der Waals surface area contributed by atoms with Gasteiger partial charge in [-0.05, 0) is 37.5 Å². The number of rotatable bonds is 3. The third-order valence-corrected chi connectivity index (χ3v) is 6.37. The highest BCUT2D eigenvalue weighted by molar-refractivity contribution is 7.66. The number of hydrogen-bond donors (Lipinski definition) is 2. The Morgan fingerprint density at radius 1 is 0.714 bits per heavy atom. The van der Waals surface area contributed by atoms with Crippen LogP contribution in [-0.4, -0.2) is 0 Å². The average molecular weight is 298 g/mol. The van der Waals surface area contributed by atoms with E-state index in [9.17, 15) is 0 Å². The van der Waals surface area contributed by atoms with E-state index in [1.165, 1.54) is 5.30 Å². The first kappa shape index (κ1) is 12.8. The molecule has 3 atom stereocenters. The summed E-state index contributed by atoms with van der Waals surface area (Å²) >= 11 is 0. The van der Waals surface area contributed by atoms with Crippen molar-refractivity contribution in [1.29, 1.82) is 0 Å². The van der Waals surface area contributed by atoms with Crippen LogP contribution < -0.4 is 16.2 Å². The van der Waals surface area contributed by atoms with E-state index in [0.717, 1.165) is 11.5 Å². The SMILES string of the molecule is c1ccc(P2C(c3ccco3)NN[C@@H]2c2ccco2)cc1. The molecule has 0 amide bonds. The van der Waals surface area contributed by atoms with Crippen LogP contribution in [0, 0.1) is 0 Å². The molecule has 0 spiro atoms. The zero-order valence-electron chi connectivity index (χ0n) is 11.3. The zero-order valence-corrected chi connectivity index (χ0v) is 12.2. The normalized spacial score (nSPS) is 25.2. The first-order chi connectivity index (χ1) is 10.4. The summed E-state index contributed by atoms with van der Waals surface area (Å²) in [7, 11) is -0.578. The maximum Gasteiger partial charge on any atom is 0.126 e. The average Bonchev–Trinajstić information content (AvgIpc) is 3.27. The molecule has 0 bridgehead atoms. The maximum atomic E-state index is 5.62. The van der Waals surface area contributed by atoms with Crippen molar-refractivity contribution in [2.75, 3.05) is 0 Å². The molecule has 21 heavy (non-hydrogen) atoms. The number of furan rings is 2. The van der Waals surface area contributed by atoms with Crippen LogP contribution in [0.4, 0.5) is 0 Å². The molecule has 2 unspecified atom stereocenters. The van der Waals surface area contributed by atoms with Crippen LogP contribution in [0.25, 0.3) is 0 Å². The van der Waals surface area contributed by atoms with E-state index in [2.05, 4.69) is 35.1 Å².